The summed E-state index contributed by atoms with van der Waals surface area (Å²) in [6, 6.07) is 0. The average molecular weight is 210 g/mol. The first-order valence-corrected chi connectivity index (χ1v) is 6.27. The van der Waals surface area contributed by atoms with Crippen LogP contribution in [0.25, 0.3) is 0 Å². The summed E-state index contributed by atoms with van der Waals surface area (Å²) in [7, 11) is 0. The van der Waals surface area contributed by atoms with E-state index in [0.29, 0.717) is 18.2 Å². The zero-order chi connectivity index (χ0) is 10.7. The van der Waals surface area contributed by atoms with Crippen molar-refractivity contribution >= 4 is 5.78 Å². The SMILES string of the molecule is CCCN1CCN(CC(=O)C2CC2)CC1. The molecule has 2 fully saturated rings. The van der Waals surface area contributed by atoms with Crippen LogP contribution < -0.4 is 0 Å². The van der Waals surface area contributed by atoms with Gasteiger partial charge in [0.25, 0.3) is 0 Å². The number of piperazine rings is 1. The average Bonchev–Trinajstić information content (AvgIpc) is 3.04. The molecule has 2 aliphatic rings. The van der Waals surface area contributed by atoms with Gasteiger partial charge in [0.05, 0.1) is 6.54 Å². The third-order valence-corrected chi connectivity index (χ3v) is 3.42. The van der Waals surface area contributed by atoms with Gasteiger partial charge < -0.3 is 4.90 Å². The third-order valence-electron chi connectivity index (χ3n) is 3.42. The lowest BCUT2D eigenvalue weighted by atomic mass is 10.2. The Labute approximate surface area is 92.4 Å². The number of rotatable bonds is 5. The summed E-state index contributed by atoms with van der Waals surface area (Å²) < 4.78 is 0. The minimum absolute atomic E-state index is 0.429. The van der Waals surface area contributed by atoms with Crippen molar-refractivity contribution in [2.45, 2.75) is 26.2 Å². The molecule has 1 heterocycles. The van der Waals surface area contributed by atoms with Crippen molar-refractivity contribution in [1.29, 1.82) is 0 Å². The molecule has 0 N–H and O–H groups in total. The fraction of sp³-hybridized carbons (Fsp3) is 0.917. The molecular weight excluding hydrogens is 188 g/mol. The number of hydrogen-bond donors (Lipinski definition) is 0. The lowest BCUT2D eigenvalue weighted by Crippen LogP contribution is -2.48. The van der Waals surface area contributed by atoms with Gasteiger partial charge >= 0.3 is 0 Å². The molecule has 86 valence electrons. The second-order valence-corrected chi connectivity index (χ2v) is 4.86. The summed E-state index contributed by atoms with van der Waals surface area (Å²) in [4.78, 5) is 16.4. The summed E-state index contributed by atoms with van der Waals surface area (Å²) in [6.45, 7) is 8.60. The van der Waals surface area contributed by atoms with Crippen LogP contribution in [0.5, 0.6) is 0 Å². The lowest BCUT2D eigenvalue weighted by Gasteiger charge is -2.34. The molecule has 0 aromatic carbocycles. The molecule has 1 saturated carbocycles. The van der Waals surface area contributed by atoms with Crippen molar-refractivity contribution < 1.29 is 4.79 Å². The largest absolute Gasteiger partial charge is 0.301 e. The molecule has 0 spiro atoms. The molecule has 0 atom stereocenters. The quantitative estimate of drug-likeness (QED) is 0.676. The van der Waals surface area contributed by atoms with Crippen LogP contribution in [0.2, 0.25) is 0 Å². The highest BCUT2D eigenvalue weighted by Crippen LogP contribution is 2.30. The van der Waals surface area contributed by atoms with Crippen LogP contribution in [0.1, 0.15) is 26.2 Å². The van der Waals surface area contributed by atoms with E-state index in [9.17, 15) is 4.79 Å². The first-order valence-electron chi connectivity index (χ1n) is 6.27. The zero-order valence-electron chi connectivity index (χ0n) is 9.74. The molecule has 0 amide bonds. The van der Waals surface area contributed by atoms with Gasteiger partial charge in [-0.25, -0.2) is 0 Å². The number of hydrogen-bond acceptors (Lipinski definition) is 3. The fourth-order valence-electron chi connectivity index (χ4n) is 2.24. The van der Waals surface area contributed by atoms with Crippen LogP contribution in [0.4, 0.5) is 0 Å². The van der Waals surface area contributed by atoms with Crippen LogP contribution in [-0.2, 0) is 4.79 Å². The van der Waals surface area contributed by atoms with Crippen molar-refractivity contribution in [3.8, 4) is 0 Å². The van der Waals surface area contributed by atoms with Gasteiger partial charge in [-0.05, 0) is 25.8 Å². The van der Waals surface area contributed by atoms with Crippen molar-refractivity contribution in [3.63, 3.8) is 0 Å². The molecule has 3 heteroatoms. The van der Waals surface area contributed by atoms with Gasteiger partial charge in [-0.3, -0.25) is 9.69 Å². The highest BCUT2D eigenvalue weighted by atomic mass is 16.1. The summed E-state index contributed by atoms with van der Waals surface area (Å²) in [6.07, 6.45) is 3.53. The summed E-state index contributed by atoms with van der Waals surface area (Å²) in [5.41, 5.74) is 0. The molecule has 0 bridgehead atoms. The summed E-state index contributed by atoms with van der Waals surface area (Å²) in [5, 5.41) is 0. The zero-order valence-corrected chi connectivity index (χ0v) is 9.74. The minimum atomic E-state index is 0.429. The van der Waals surface area contributed by atoms with Crippen molar-refractivity contribution in [3.05, 3.63) is 0 Å². The van der Waals surface area contributed by atoms with E-state index in [1.807, 2.05) is 0 Å². The van der Waals surface area contributed by atoms with E-state index in [-0.39, 0.29) is 0 Å². The first kappa shape index (κ1) is 11.1. The predicted octanol–water partition coefficient (Wildman–Crippen LogP) is 0.993. The third kappa shape index (κ3) is 3.28. The number of nitrogens with zero attached hydrogens (tertiary/aromatic N) is 2. The monoisotopic (exact) mass is 210 g/mol. The Bertz CT molecular complexity index is 218. The maximum absolute atomic E-state index is 11.6. The maximum Gasteiger partial charge on any atom is 0.149 e. The molecular formula is C12H22N2O. The maximum atomic E-state index is 11.6. The molecule has 3 nitrogen and oxygen atoms in total. The van der Waals surface area contributed by atoms with Gasteiger partial charge in [0.1, 0.15) is 5.78 Å². The summed E-state index contributed by atoms with van der Waals surface area (Å²) in [5.74, 6) is 0.914. The Kier molecular flexibility index (Phi) is 3.76. The van der Waals surface area contributed by atoms with Crippen LogP contribution in [-0.4, -0.2) is 54.9 Å². The molecule has 1 aliphatic carbocycles. The molecule has 1 aliphatic heterocycles. The van der Waals surface area contributed by atoms with Gasteiger partial charge in [0.15, 0.2) is 0 Å². The second-order valence-electron chi connectivity index (χ2n) is 4.86. The van der Waals surface area contributed by atoms with E-state index in [2.05, 4.69) is 16.7 Å². The Balaban J connectivity index is 1.66. The van der Waals surface area contributed by atoms with E-state index in [0.717, 1.165) is 39.0 Å². The highest BCUT2D eigenvalue weighted by molar-refractivity contribution is 5.84. The smallest absolute Gasteiger partial charge is 0.149 e. The molecule has 15 heavy (non-hydrogen) atoms. The van der Waals surface area contributed by atoms with Gasteiger partial charge in [0, 0.05) is 32.1 Å². The van der Waals surface area contributed by atoms with Crippen LogP contribution >= 0.6 is 0 Å². The minimum Gasteiger partial charge on any atom is -0.301 e. The van der Waals surface area contributed by atoms with Crippen LogP contribution in [0, 0.1) is 5.92 Å². The van der Waals surface area contributed by atoms with Gasteiger partial charge in [0.2, 0.25) is 0 Å². The van der Waals surface area contributed by atoms with E-state index in [1.165, 1.54) is 13.0 Å². The van der Waals surface area contributed by atoms with Crippen molar-refractivity contribution in [2.75, 3.05) is 39.3 Å². The van der Waals surface area contributed by atoms with Crippen molar-refractivity contribution in [1.82, 2.24) is 9.80 Å². The number of carbonyl (C=O) groups is 1. The summed E-state index contributed by atoms with van der Waals surface area (Å²) >= 11 is 0. The normalized spacial score (nSPS) is 24.3. The lowest BCUT2D eigenvalue weighted by molar-refractivity contribution is -0.121. The predicted molar refractivity (Wildman–Crippen MR) is 60.9 cm³/mol. The van der Waals surface area contributed by atoms with Gasteiger partial charge in [-0.15, -0.1) is 0 Å². The van der Waals surface area contributed by atoms with Gasteiger partial charge in [-0.2, -0.15) is 0 Å². The Morgan fingerprint density at radius 3 is 2.27 bits per heavy atom. The molecule has 0 unspecified atom stereocenters. The molecule has 2 rings (SSSR count). The van der Waals surface area contributed by atoms with E-state index in [4.69, 9.17) is 0 Å². The van der Waals surface area contributed by atoms with Crippen molar-refractivity contribution in [2.24, 2.45) is 5.92 Å². The van der Waals surface area contributed by atoms with Crippen LogP contribution in [0.15, 0.2) is 0 Å². The van der Waals surface area contributed by atoms with E-state index in [1.54, 1.807) is 0 Å². The molecule has 1 saturated heterocycles. The number of ketones is 1. The molecule has 0 radical (unpaired) electrons. The first-order chi connectivity index (χ1) is 7.29. The highest BCUT2D eigenvalue weighted by Gasteiger charge is 2.30. The fourth-order valence-corrected chi connectivity index (χ4v) is 2.24. The van der Waals surface area contributed by atoms with E-state index >= 15 is 0 Å². The number of Topliss-reactive ketones (excluding diaryl/α,β-unsaturated/α-hetero) is 1. The second kappa shape index (κ2) is 5.08. The number of carbonyl (C=O) groups excluding carboxylic acids is 1. The Hall–Kier alpha value is -0.410. The van der Waals surface area contributed by atoms with E-state index < -0.39 is 0 Å². The Morgan fingerprint density at radius 1 is 1.13 bits per heavy atom. The molecule has 0 aromatic rings. The standard InChI is InChI=1S/C12H22N2O/c1-2-5-13-6-8-14(9-7-13)10-12(15)11-3-4-11/h11H,2-10H2,1H3. The Morgan fingerprint density at radius 2 is 1.73 bits per heavy atom. The topological polar surface area (TPSA) is 23.6 Å². The van der Waals surface area contributed by atoms with Crippen LogP contribution in [0.3, 0.4) is 0 Å². The van der Waals surface area contributed by atoms with Gasteiger partial charge in [-0.1, -0.05) is 6.92 Å². The molecule has 0 aromatic heterocycles.